The van der Waals surface area contributed by atoms with Gasteiger partial charge < -0.3 is 0 Å². The van der Waals surface area contributed by atoms with Gasteiger partial charge in [0.15, 0.2) is 5.78 Å². The molecule has 1 aliphatic rings. The number of allylic oxidation sites excluding steroid dienone is 2. The lowest BCUT2D eigenvalue weighted by Gasteiger charge is -1.77. The van der Waals surface area contributed by atoms with Crippen LogP contribution in [0.2, 0.25) is 0 Å². The summed E-state index contributed by atoms with van der Waals surface area (Å²) < 4.78 is 9.95. The Morgan fingerprint density at radius 1 is 1.62 bits per heavy atom. The van der Waals surface area contributed by atoms with Crippen molar-refractivity contribution in [2.75, 3.05) is 0 Å². The quantitative estimate of drug-likeness (QED) is 0.427. The summed E-state index contributed by atoms with van der Waals surface area (Å²) in [5.41, 5.74) is 0. The van der Waals surface area contributed by atoms with Crippen LogP contribution in [-0.2, 0) is 16.1 Å². The fourth-order valence-corrected chi connectivity index (χ4v) is 0.869. The van der Waals surface area contributed by atoms with Crippen LogP contribution in [0.5, 0.6) is 0 Å². The van der Waals surface area contributed by atoms with Crippen LogP contribution in [0.15, 0.2) is 12.2 Å². The highest BCUT2D eigenvalue weighted by Gasteiger charge is 2.10. The maximum absolute atomic E-state index is 10.5. The van der Waals surface area contributed by atoms with E-state index in [4.69, 9.17) is 0 Å². The molecule has 0 radical (unpaired) electrons. The van der Waals surface area contributed by atoms with Crippen molar-refractivity contribution < 1.29 is 9.00 Å². The van der Waals surface area contributed by atoms with E-state index in [1.165, 1.54) is 0 Å². The zero-order valence-electron chi connectivity index (χ0n) is 4.09. The van der Waals surface area contributed by atoms with Gasteiger partial charge in [-0.1, -0.05) is 6.08 Å². The summed E-state index contributed by atoms with van der Waals surface area (Å²) in [5, 5.41) is 0. The number of Topliss-reactive ketones (excluding diaryl/α,β-unsaturated/α-hetero) is 1. The van der Waals surface area contributed by atoms with Gasteiger partial charge in [-0.3, -0.25) is 4.79 Å². The smallest absolute Gasteiger partial charge is 0.179 e. The SMILES string of the molecule is O=S=C1C=CCC1=O. The Kier molecular flexibility index (Phi) is 1.39. The number of hydrogen-bond acceptors (Lipinski definition) is 2. The topological polar surface area (TPSA) is 34.1 Å². The molecule has 3 heteroatoms. The van der Waals surface area contributed by atoms with E-state index in [9.17, 15) is 9.00 Å². The molecule has 0 aromatic carbocycles. The largest absolute Gasteiger partial charge is 0.293 e. The molecule has 0 bridgehead atoms. The first-order chi connectivity index (χ1) is 3.84. The van der Waals surface area contributed by atoms with Gasteiger partial charge in [0.2, 0.25) is 0 Å². The Morgan fingerprint density at radius 3 is 2.62 bits per heavy atom. The molecule has 0 fully saturated rings. The molecule has 1 rings (SSSR count). The summed E-state index contributed by atoms with van der Waals surface area (Å²) in [6, 6.07) is 0. The second-order valence-corrected chi connectivity index (χ2v) is 2.08. The summed E-state index contributed by atoms with van der Waals surface area (Å²) >= 11 is 0.271. The van der Waals surface area contributed by atoms with Gasteiger partial charge in [0.25, 0.3) is 0 Å². The van der Waals surface area contributed by atoms with Crippen molar-refractivity contribution in [3.63, 3.8) is 0 Å². The first kappa shape index (κ1) is 5.44. The van der Waals surface area contributed by atoms with Crippen molar-refractivity contribution in [2.45, 2.75) is 6.42 Å². The average Bonchev–Trinajstić information content (AvgIpc) is 2.14. The lowest BCUT2D eigenvalue weighted by molar-refractivity contribution is -0.111. The van der Waals surface area contributed by atoms with Gasteiger partial charge in [-0.15, -0.1) is 0 Å². The van der Waals surface area contributed by atoms with E-state index in [1.54, 1.807) is 12.2 Å². The first-order valence-electron chi connectivity index (χ1n) is 2.21. The van der Waals surface area contributed by atoms with Crippen molar-refractivity contribution in [1.29, 1.82) is 0 Å². The average molecular weight is 128 g/mol. The van der Waals surface area contributed by atoms with Crippen molar-refractivity contribution in [3.05, 3.63) is 12.2 Å². The molecule has 0 amide bonds. The summed E-state index contributed by atoms with van der Waals surface area (Å²) in [5.74, 6) is -0.0509. The van der Waals surface area contributed by atoms with Gasteiger partial charge in [0.1, 0.15) is 16.1 Å². The highest BCUT2D eigenvalue weighted by atomic mass is 32.1. The molecule has 1 aliphatic carbocycles. The zero-order valence-corrected chi connectivity index (χ0v) is 4.90. The van der Waals surface area contributed by atoms with Gasteiger partial charge >= 0.3 is 0 Å². The molecule has 0 heterocycles. The van der Waals surface area contributed by atoms with Crippen LogP contribution in [0.1, 0.15) is 6.42 Å². The van der Waals surface area contributed by atoms with Crippen molar-refractivity contribution in [3.8, 4) is 0 Å². The Morgan fingerprint density at radius 2 is 2.38 bits per heavy atom. The molecule has 0 saturated heterocycles. The van der Waals surface area contributed by atoms with Crippen molar-refractivity contribution in [1.82, 2.24) is 0 Å². The molecular weight excluding hydrogens is 124 g/mol. The molecular formula is C5H4O2S. The molecule has 0 N–H and O–H groups in total. The molecule has 0 aromatic rings. The van der Waals surface area contributed by atoms with Crippen LogP contribution in [0, 0.1) is 0 Å². The first-order valence-corrected chi connectivity index (χ1v) is 2.95. The number of carbonyl (C=O) groups is 1. The highest BCUT2D eigenvalue weighted by Crippen LogP contribution is 1.98. The van der Waals surface area contributed by atoms with Gasteiger partial charge in [-0.2, -0.15) is 0 Å². The minimum Gasteiger partial charge on any atom is -0.293 e. The van der Waals surface area contributed by atoms with Crippen molar-refractivity contribution >= 4 is 21.9 Å². The van der Waals surface area contributed by atoms with Crippen molar-refractivity contribution in [2.24, 2.45) is 0 Å². The molecule has 0 atom stereocenters. The van der Waals surface area contributed by atoms with Crippen LogP contribution in [-0.4, -0.2) is 14.9 Å². The Labute approximate surface area is 50.3 Å². The van der Waals surface area contributed by atoms with Gasteiger partial charge in [0, 0.05) is 6.42 Å². The second kappa shape index (κ2) is 2.05. The van der Waals surface area contributed by atoms with Crippen LogP contribution < -0.4 is 0 Å². The lowest BCUT2D eigenvalue weighted by Crippen LogP contribution is -2.02. The third-order valence-electron chi connectivity index (χ3n) is 0.937. The number of ketones is 1. The number of carbonyl (C=O) groups excluding carboxylic acids is 1. The highest BCUT2D eigenvalue weighted by molar-refractivity contribution is 7.69. The molecule has 0 aliphatic heterocycles. The summed E-state index contributed by atoms with van der Waals surface area (Å²) in [6.07, 6.45) is 3.67. The summed E-state index contributed by atoms with van der Waals surface area (Å²) in [4.78, 5) is 10.8. The fourth-order valence-electron chi connectivity index (χ4n) is 0.541. The van der Waals surface area contributed by atoms with Gasteiger partial charge in [-0.25, -0.2) is 4.21 Å². The minimum atomic E-state index is -0.0509. The molecule has 0 aromatic heterocycles. The van der Waals surface area contributed by atoms with E-state index in [0.29, 0.717) is 11.3 Å². The number of hydrogen-bond donors (Lipinski definition) is 0. The standard InChI is InChI=1S/C5H4O2S/c6-4-2-1-3-5(4)8-7/h1,3H,2H2. The molecule has 0 spiro atoms. The molecule has 8 heavy (non-hydrogen) atoms. The van der Waals surface area contributed by atoms with Gasteiger partial charge in [-0.05, 0) is 6.08 Å². The van der Waals surface area contributed by atoms with E-state index >= 15 is 0 Å². The predicted octanol–water partition coefficient (Wildman–Crippen LogP) is -0.0992. The Balaban J connectivity index is 2.99. The lowest BCUT2D eigenvalue weighted by atomic mass is 10.3. The number of rotatable bonds is 0. The van der Waals surface area contributed by atoms with E-state index in [-0.39, 0.29) is 17.0 Å². The Bertz CT molecular complexity index is 198. The van der Waals surface area contributed by atoms with E-state index in [2.05, 4.69) is 0 Å². The fraction of sp³-hybridized carbons (Fsp3) is 0.200. The molecule has 2 nitrogen and oxygen atoms in total. The van der Waals surface area contributed by atoms with E-state index < -0.39 is 0 Å². The van der Waals surface area contributed by atoms with Gasteiger partial charge in [0.05, 0.1) is 0 Å². The monoisotopic (exact) mass is 128 g/mol. The summed E-state index contributed by atoms with van der Waals surface area (Å²) in [7, 11) is 0. The van der Waals surface area contributed by atoms with E-state index in [1.807, 2.05) is 0 Å². The van der Waals surface area contributed by atoms with E-state index in [0.717, 1.165) is 0 Å². The van der Waals surface area contributed by atoms with Crippen LogP contribution in [0.3, 0.4) is 0 Å². The third-order valence-corrected chi connectivity index (χ3v) is 1.48. The predicted molar refractivity (Wildman–Crippen MR) is 31.9 cm³/mol. The van der Waals surface area contributed by atoms with Crippen LogP contribution in [0.4, 0.5) is 0 Å². The molecule has 0 unspecified atom stereocenters. The molecule has 0 saturated carbocycles. The minimum absolute atomic E-state index is 0.0509. The van der Waals surface area contributed by atoms with Crippen LogP contribution in [0.25, 0.3) is 0 Å². The maximum atomic E-state index is 10.5. The Hall–Kier alpha value is -0.700. The normalized spacial score (nSPS) is 17.5. The van der Waals surface area contributed by atoms with Crippen LogP contribution >= 0.6 is 0 Å². The zero-order chi connectivity index (χ0) is 5.98. The summed E-state index contributed by atoms with van der Waals surface area (Å²) in [6.45, 7) is 0. The molecule has 42 valence electrons. The maximum Gasteiger partial charge on any atom is 0.179 e. The third kappa shape index (κ3) is 0.767. The second-order valence-electron chi connectivity index (χ2n) is 1.48.